The van der Waals surface area contributed by atoms with Gasteiger partial charge < -0.3 is 11.1 Å². The summed E-state index contributed by atoms with van der Waals surface area (Å²) in [6.07, 6.45) is 4.77. The van der Waals surface area contributed by atoms with E-state index in [1.807, 2.05) is 12.1 Å². The number of piperidine rings is 1. The van der Waals surface area contributed by atoms with Gasteiger partial charge in [-0.2, -0.15) is 0 Å². The molecule has 0 saturated carbocycles. The minimum Gasteiger partial charge on any atom is -0.366 e. The lowest BCUT2D eigenvalue weighted by Gasteiger charge is -2.33. The maximum Gasteiger partial charge on any atom is 0.248 e. The molecule has 0 radical (unpaired) electrons. The summed E-state index contributed by atoms with van der Waals surface area (Å²) in [5, 5.41) is 3.42. The van der Waals surface area contributed by atoms with Gasteiger partial charge in [-0.15, -0.1) is 0 Å². The van der Waals surface area contributed by atoms with Gasteiger partial charge in [-0.3, -0.25) is 4.79 Å². The lowest BCUT2D eigenvalue weighted by atomic mass is 9.76. The van der Waals surface area contributed by atoms with Crippen LogP contribution < -0.4 is 11.1 Å². The van der Waals surface area contributed by atoms with Crippen molar-refractivity contribution in [3.8, 4) is 0 Å². The Balaban J connectivity index is 1.89. The molecule has 3 nitrogen and oxygen atoms in total. The van der Waals surface area contributed by atoms with E-state index in [-0.39, 0.29) is 5.91 Å². The van der Waals surface area contributed by atoms with E-state index in [0.717, 1.165) is 19.5 Å². The highest BCUT2D eigenvalue weighted by molar-refractivity contribution is 5.93. The Hall–Kier alpha value is -1.35. The molecule has 1 fully saturated rings. The summed E-state index contributed by atoms with van der Waals surface area (Å²) in [5.74, 6) is -0.320. The summed E-state index contributed by atoms with van der Waals surface area (Å²) in [5.41, 5.74) is 9.18. The van der Waals surface area contributed by atoms with Crippen molar-refractivity contribution in [2.45, 2.75) is 25.7 Å². The van der Waals surface area contributed by atoms with Crippen LogP contribution in [0.3, 0.4) is 0 Å². The molecule has 3 rings (SSSR count). The summed E-state index contributed by atoms with van der Waals surface area (Å²) in [6, 6.07) is 5.95. The van der Waals surface area contributed by atoms with Gasteiger partial charge in [0, 0.05) is 5.56 Å². The highest BCUT2D eigenvalue weighted by Gasteiger charge is 2.38. The molecule has 0 bridgehead atoms. The number of amides is 1. The zero-order valence-electron chi connectivity index (χ0n) is 9.96. The second kappa shape index (κ2) is 3.84. The highest BCUT2D eigenvalue weighted by atomic mass is 16.1. The fourth-order valence-electron chi connectivity index (χ4n) is 3.30. The van der Waals surface area contributed by atoms with Crippen molar-refractivity contribution < 1.29 is 4.79 Å². The van der Waals surface area contributed by atoms with E-state index in [0.29, 0.717) is 11.0 Å². The second-order valence-electron chi connectivity index (χ2n) is 5.45. The average Bonchev–Trinajstić information content (AvgIpc) is 2.66. The molecule has 1 amide bonds. The second-order valence-corrected chi connectivity index (χ2v) is 5.45. The third-order valence-corrected chi connectivity index (χ3v) is 4.29. The van der Waals surface area contributed by atoms with Crippen LogP contribution in [-0.2, 0) is 12.8 Å². The van der Waals surface area contributed by atoms with Crippen LogP contribution in [0.25, 0.3) is 0 Å². The summed E-state index contributed by atoms with van der Waals surface area (Å²) >= 11 is 0. The molecular weight excluding hydrogens is 212 g/mol. The standard InChI is InChI=1S/C14H18N2O/c15-13(17)10-1-2-11-8-14(9-12(11)7-10)3-5-16-6-4-14/h1-2,7,16H,3-6,8-9H2,(H2,15,17). The number of carbonyl (C=O) groups excluding carboxylic acids is 1. The van der Waals surface area contributed by atoms with Gasteiger partial charge in [0.2, 0.25) is 5.91 Å². The van der Waals surface area contributed by atoms with Gasteiger partial charge in [-0.05, 0) is 67.4 Å². The molecular formula is C14H18N2O. The van der Waals surface area contributed by atoms with Gasteiger partial charge in [-0.25, -0.2) is 0 Å². The SMILES string of the molecule is NC(=O)c1ccc2c(c1)CC1(CCNCC1)C2. The maximum absolute atomic E-state index is 11.2. The van der Waals surface area contributed by atoms with E-state index >= 15 is 0 Å². The number of fused-ring (bicyclic) bond motifs is 1. The van der Waals surface area contributed by atoms with Crippen LogP contribution in [-0.4, -0.2) is 19.0 Å². The summed E-state index contributed by atoms with van der Waals surface area (Å²) < 4.78 is 0. The third-order valence-electron chi connectivity index (χ3n) is 4.29. The average molecular weight is 230 g/mol. The van der Waals surface area contributed by atoms with Gasteiger partial charge in [-0.1, -0.05) is 6.07 Å². The van der Waals surface area contributed by atoms with Crippen molar-refractivity contribution in [3.05, 3.63) is 34.9 Å². The van der Waals surface area contributed by atoms with E-state index in [1.54, 1.807) is 0 Å². The van der Waals surface area contributed by atoms with Crippen LogP contribution in [0.5, 0.6) is 0 Å². The number of nitrogens with two attached hydrogens (primary N) is 1. The topological polar surface area (TPSA) is 55.1 Å². The molecule has 90 valence electrons. The minimum absolute atomic E-state index is 0.320. The molecule has 17 heavy (non-hydrogen) atoms. The molecule has 1 aromatic carbocycles. The van der Waals surface area contributed by atoms with Crippen molar-refractivity contribution in [1.82, 2.24) is 5.32 Å². The Morgan fingerprint density at radius 3 is 2.59 bits per heavy atom. The Morgan fingerprint density at radius 1 is 1.18 bits per heavy atom. The van der Waals surface area contributed by atoms with E-state index in [2.05, 4.69) is 11.4 Å². The molecule has 3 N–H and O–H groups in total. The van der Waals surface area contributed by atoms with Crippen molar-refractivity contribution in [2.75, 3.05) is 13.1 Å². The molecule has 1 heterocycles. The van der Waals surface area contributed by atoms with Gasteiger partial charge in [0.05, 0.1) is 0 Å². The Kier molecular flexibility index (Phi) is 2.44. The highest BCUT2D eigenvalue weighted by Crippen LogP contribution is 2.43. The smallest absolute Gasteiger partial charge is 0.248 e. The molecule has 0 unspecified atom stereocenters. The lowest BCUT2D eigenvalue weighted by Crippen LogP contribution is -2.37. The fourth-order valence-corrected chi connectivity index (χ4v) is 3.30. The summed E-state index contributed by atoms with van der Waals surface area (Å²) in [4.78, 5) is 11.2. The van der Waals surface area contributed by atoms with E-state index in [4.69, 9.17) is 5.73 Å². The Labute approximate surface area is 101 Å². The van der Waals surface area contributed by atoms with Gasteiger partial charge >= 0.3 is 0 Å². The van der Waals surface area contributed by atoms with Crippen molar-refractivity contribution in [3.63, 3.8) is 0 Å². The molecule has 3 heteroatoms. The first-order valence-electron chi connectivity index (χ1n) is 6.31. The van der Waals surface area contributed by atoms with Crippen molar-refractivity contribution in [2.24, 2.45) is 11.1 Å². The minimum atomic E-state index is -0.320. The number of nitrogens with one attached hydrogen (secondary N) is 1. The van der Waals surface area contributed by atoms with Crippen LogP contribution in [0.15, 0.2) is 18.2 Å². The molecule has 2 aliphatic rings. The molecule has 0 aromatic heterocycles. The van der Waals surface area contributed by atoms with E-state index in [1.165, 1.54) is 30.4 Å². The predicted octanol–water partition coefficient (Wildman–Crippen LogP) is 1.25. The monoisotopic (exact) mass is 230 g/mol. The first-order valence-corrected chi connectivity index (χ1v) is 6.31. The third kappa shape index (κ3) is 1.84. The van der Waals surface area contributed by atoms with Crippen LogP contribution in [0.1, 0.15) is 34.3 Å². The van der Waals surface area contributed by atoms with Crippen LogP contribution >= 0.6 is 0 Å². The van der Waals surface area contributed by atoms with Gasteiger partial charge in [0.1, 0.15) is 0 Å². The molecule has 1 saturated heterocycles. The summed E-state index contributed by atoms with van der Waals surface area (Å²) in [6.45, 7) is 2.24. The summed E-state index contributed by atoms with van der Waals surface area (Å²) in [7, 11) is 0. The largest absolute Gasteiger partial charge is 0.366 e. The molecule has 0 atom stereocenters. The van der Waals surface area contributed by atoms with Crippen LogP contribution in [0, 0.1) is 5.41 Å². The first kappa shape index (κ1) is 10.8. The Bertz CT molecular complexity index is 461. The molecule has 1 aliphatic heterocycles. The lowest BCUT2D eigenvalue weighted by molar-refractivity contribution is 0.1000. The normalized spacial score (nSPS) is 21.4. The fraction of sp³-hybridized carbons (Fsp3) is 0.500. The quantitative estimate of drug-likeness (QED) is 0.763. The van der Waals surface area contributed by atoms with E-state index < -0.39 is 0 Å². The van der Waals surface area contributed by atoms with Gasteiger partial charge in [0.15, 0.2) is 0 Å². The number of benzene rings is 1. The molecule has 1 aliphatic carbocycles. The molecule has 1 spiro atoms. The van der Waals surface area contributed by atoms with Gasteiger partial charge in [0.25, 0.3) is 0 Å². The zero-order chi connectivity index (χ0) is 11.9. The number of hydrogen-bond acceptors (Lipinski definition) is 2. The maximum atomic E-state index is 11.2. The molecule has 1 aromatic rings. The number of hydrogen-bond donors (Lipinski definition) is 2. The van der Waals surface area contributed by atoms with Crippen molar-refractivity contribution in [1.29, 1.82) is 0 Å². The zero-order valence-corrected chi connectivity index (χ0v) is 9.96. The van der Waals surface area contributed by atoms with E-state index in [9.17, 15) is 4.79 Å². The van der Waals surface area contributed by atoms with Crippen LogP contribution in [0.2, 0.25) is 0 Å². The number of primary amides is 1. The Morgan fingerprint density at radius 2 is 1.88 bits per heavy atom. The first-order chi connectivity index (χ1) is 8.19. The van der Waals surface area contributed by atoms with Crippen LogP contribution in [0.4, 0.5) is 0 Å². The number of carbonyl (C=O) groups is 1. The van der Waals surface area contributed by atoms with Crippen molar-refractivity contribution >= 4 is 5.91 Å². The predicted molar refractivity (Wildman–Crippen MR) is 66.9 cm³/mol. The number of rotatable bonds is 1.